The number of aliphatic hydroxyl groups excluding tert-OH is 1. The van der Waals surface area contributed by atoms with Gasteiger partial charge in [-0.25, -0.2) is 4.79 Å². The SMILES string of the molecule is Cn1cc(C(O)C(=O)O)c2cccc(O)c21. The molecule has 0 bridgehead atoms. The second-order valence-electron chi connectivity index (χ2n) is 3.61. The van der Waals surface area contributed by atoms with Gasteiger partial charge in [-0.05, 0) is 6.07 Å². The van der Waals surface area contributed by atoms with E-state index in [0.717, 1.165) is 0 Å². The number of carboxylic acids is 1. The zero-order valence-corrected chi connectivity index (χ0v) is 8.58. The van der Waals surface area contributed by atoms with Crippen LogP contribution in [0.25, 0.3) is 10.9 Å². The Morgan fingerprint density at radius 1 is 1.44 bits per heavy atom. The second-order valence-corrected chi connectivity index (χ2v) is 3.61. The lowest BCUT2D eigenvalue weighted by Gasteiger charge is -2.03. The lowest BCUT2D eigenvalue weighted by molar-refractivity contribution is -0.146. The van der Waals surface area contributed by atoms with E-state index < -0.39 is 12.1 Å². The standard InChI is InChI=1S/C11H11NO4/c1-12-5-7(10(14)11(15)16)6-3-2-4-8(13)9(6)12/h2-5,10,13-14H,1H3,(H,15,16). The van der Waals surface area contributed by atoms with E-state index in [1.165, 1.54) is 12.3 Å². The summed E-state index contributed by atoms with van der Waals surface area (Å²) in [6.07, 6.45) is -0.0751. The van der Waals surface area contributed by atoms with E-state index >= 15 is 0 Å². The number of phenolic OH excluding ortho intramolecular Hbond substituents is 1. The first-order valence-electron chi connectivity index (χ1n) is 4.70. The van der Waals surface area contributed by atoms with Crippen LogP contribution in [0.3, 0.4) is 0 Å². The minimum absolute atomic E-state index is 0.0591. The molecule has 1 heterocycles. The first kappa shape index (κ1) is 10.5. The van der Waals surface area contributed by atoms with E-state index in [4.69, 9.17) is 5.11 Å². The molecule has 0 fully saturated rings. The van der Waals surface area contributed by atoms with Crippen molar-refractivity contribution in [2.75, 3.05) is 0 Å². The van der Waals surface area contributed by atoms with Crippen molar-refractivity contribution in [2.45, 2.75) is 6.10 Å². The number of fused-ring (bicyclic) bond motifs is 1. The smallest absolute Gasteiger partial charge is 0.337 e. The van der Waals surface area contributed by atoms with E-state index in [1.54, 1.807) is 23.7 Å². The fraction of sp³-hybridized carbons (Fsp3) is 0.182. The van der Waals surface area contributed by atoms with Crippen molar-refractivity contribution in [1.82, 2.24) is 4.57 Å². The molecule has 1 unspecified atom stereocenters. The third-order valence-corrected chi connectivity index (χ3v) is 2.54. The number of carbonyl (C=O) groups is 1. The molecule has 0 aliphatic carbocycles. The molecule has 5 nitrogen and oxygen atoms in total. The maximum absolute atomic E-state index is 10.7. The van der Waals surface area contributed by atoms with Gasteiger partial charge in [0.05, 0.1) is 5.52 Å². The number of aromatic hydroxyl groups is 1. The van der Waals surface area contributed by atoms with Gasteiger partial charge in [0, 0.05) is 24.2 Å². The predicted molar refractivity (Wildman–Crippen MR) is 57.2 cm³/mol. The molecule has 3 N–H and O–H groups in total. The number of aryl methyl sites for hydroxylation is 1. The van der Waals surface area contributed by atoms with Crippen molar-refractivity contribution in [3.05, 3.63) is 30.0 Å². The Balaban J connectivity index is 2.73. The Morgan fingerprint density at radius 2 is 2.12 bits per heavy atom. The van der Waals surface area contributed by atoms with E-state index in [9.17, 15) is 15.0 Å². The number of nitrogens with zero attached hydrogens (tertiary/aromatic N) is 1. The molecule has 2 aromatic rings. The fourth-order valence-electron chi connectivity index (χ4n) is 1.83. The van der Waals surface area contributed by atoms with Crippen LogP contribution in [0.4, 0.5) is 0 Å². The summed E-state index contributed by atoms with van der Waals surface area (Å²) < 4.78 is 1.59. The number of phenols is 1. The van der Waals surface area contributed by atoms with Gasteiger partial charge in [-0.2, -0.15) is 0 Å². The van der Waals surface area contributed by atoms with Crippen LogP contribution in [0.5, 0.6) is 5.75 Å². The molecule has 2 rings (SSSR count). The van der Waals surface area contributed by atoms with Gasteiger partial charge in [-0.3, -0.25) is 0 Å². The van der Waals surface area contributed by atoms with E-state index in [0.29, 0.717) is 10.9 Å². The number of hydrogen-bond acceptors (Lipinski definition) is 3. The van der Waals surface area contributed by atoms with Crippen LogP contribution in [0, 0.1) is 0 Å². The third-order valence-electron chi connectivity index (χ3n) is 2.54. The van der Waals surface area contributed by atoms with Gasteiger partial charge in [-0.1, -0.05) is 12.1 Å². The Hall–Kier alpha value is -2.01. The number of aliphatic carboxylic acids is 1. The van der Waals surface area contributed by atoms with Crippen LogP contribution in [0.1, 0.15) is 11.7 Å². The summed E-state index contributed by atoms with van der Waals surface area (Å²) in [5.74, 6) is -1.25. The Labute approximate surface area is 91.2 Å². The summed E-state index contributed by atoms with van der Waals surface area (Å²) in [7, 11) is 1.68. The molecule has 0 aliphatic heterocycles. The Kier molecular flexibility index (Phi) is 2.32. The fourth-order valence-corrected chi connectivity index (χ4v) is 1.83. The summed E-state index contributed by atoms with van der Waals surface area (Å²) in [6, 6.07) is 4.78. The van der Waals surface area contributed by atoms with Crippen molar-refractivity contribution in [1.29, 1.82) is 0 Å². The predicted octanol–water partition coefficient (Wildman–Crippen LogP) is 1.00. The van der Waals surface area contributed by atoms with Crippen LogP contribution in [0.15, 0.2) is 24.4 Å². The van der Waals surface area contributed by atoms with Crippen molar-refractivity contribution in [3.8, 4) is 5.75 Å². The zero-order valence-electron chi connectivity index (χ0n) is 8.58. The number of hydrogen-bond donors (Lipinski definition) is 3. The van der Waals surface area contributed by atoms with Gasteiger partial charge < -0.3 is 19.9 Å². The molecule has 5 heteroatoms. The molecule has 0 spiro atoms. The summed E-state index contributed by atoms with van der Waals surface area (Å²) in [6.45, 7) is 0. The highest BCUT2D eigenvalue weighted by Crippen LogP contribution is 2.31. The first-order valence-corrected chi connectivity index (χ1v) is 4.70. The van der Waals surface area contributed by atoms with Crippen LogP contribution < -0.4 is 0 Å². The Morgan fingerprint density at radius 3 is 2.75 bits per heavy atom. The molecule has 0 radical (unpaired) electrons. The number of rotatable bonds is 2. The summed E-state index contributed by atoms with van der Waals surface area (Å²) in [4.78, 5) is 10.7. The van der Waals surface area contributed by atoms with Gasteiger partial charge in [0.2, 0.25) is 0 Å². The highest BCUT2D eigenvalue weighted by molar-refractivity contribution is 5.92. The third kappa shape index (κ3) is 1.42. The van der Waals surface area contributed by atoms with Crippen molar-refractivity contribution in [3.63, 3.8) is 0 Å². The lowest BCUT2D eigenvalue weighted by atomic mass is 10.1. The quantitative estimate of drug-likeness (QED) is 0.706. The maximum Gasteiger partial charge on any atom is 0.337 e. The molecule has 84 valence electrons. The van der Waals surface area contributed by atoms with Gasteiger partial charge in [0.25, 0.3) is 0 Å². The van der Waals surface area contributed by atoms with Gasteiger partial charge in [-0.15, -0.1) is 0 Å². The molecular weight excluding hydrogens is 210 g/mol. The number of aromatic nitrogens is 1. The van der Waals surface area contributed by atoms with Gasteiger partial charge >= 0.3 is 5.97 Å². The van der Waals surface area contributed by atoms with Crippen LogP contribution in [-0.4, -0.2) is 25.9 Å². The van der Waals surface area contributed by atoms with E-state index in [2.05, 4.69) is 0 Å². The monoisotopic (exact) mass is 221 g/mol. The van der Waals surface area contributed by atoms with Crippen LogP contribution in [-0.2, 0) is 11.8 Å². The lowest BCUT2D eigenvalue weighted by Crippen LogP contribution is -2.09. The molecule has 16 heavy (non-hydrogen) atoms. The highest BCUT2D eigenvalue weighted by atomic mass is 16.4. The Bertz CT molecular complexity index is 558. The molecule has 0 aliphatic rings. The topological polar surface area (TPSA) is 82.7 Å². The summed E-state index contributed by atoms with van der Waals surface area (Å²) in [5, 5.41) is 28.4. The molecule has 0 saturated heterocycles. The maximum atomic E-state index is 10.7. The molecule has 0 saturated carbocycles. The van der Waals surface area contributed by atoms with Crippen LogP contribution in [0.2, 0.25) is 0 Å². The van der Waals surface area contributed by atoms with Crippen molar-refractivity contribution in [2.24, 2.45) is 7.05 Å². The number of aliphatic hydroxyl groups is 1. The largest absolute Gasteiger partial charge is 0.506 e. The highest BCUT2D eigenvalue weighted by Gasteiger charge is 2.21. The number of benzene rings is 1. The summed E-state index contributed by atoms with van der Waals surface area (Å²) >= 11 is 0. The summed E-state index contributed by atoms with van der Waals surface area (Å²) in [5.41, 5.74) is 0.790. The van der Waals surface area contributed by atoms with Crippen LogP contribution >= 0.6 is 0 Å². The normalized spacial score (nSPS) is 12.9. The molecular formula is C11H11NO4. The minimum Gasteiger partial charge on any atom is -0.506 e. The number of para-hydroxylation sites is 1. The minimum atomic E-state index is -1.58. The average Bonchev–Trinajstić information content (AvgIpc) is 2.56. The van der Waals surface area contributed by atoms with Crippen molar-refractivity contribution >= 4 is 16.9 Å². The second kappa shape index (κ2) is 3.53. The molecule has 1 aromatic heterocycles. The zero-order chi connectivity index (χ0) is 11.9. The molecule has 1 atom stereocenters. The van der Waals surface area contributed by atoms with Gasteiger partial charge in [0.1, 0.15) is 5.75 Å². The number of carboxylic acid groups (broad SMARTS) is 1. The van der Waals surface area contributed by atoms with E-state index in [-0.39, 0.29) is 11.3 Å². The molecule has 0 amide bonds. The average molecular weight is 221 g/mol. The van der Waals surface area contributed by atoms with Crippen molar-refractivity contribution < 1.29 is 20.1 Å². The first-order chi connectivity index (χ1) is 7.52. The van der Waals surface area contributed by atoms with E-state index in [1.807, 2.05) is 0 Å². The molecule has 1 aromatic carbocycles. The van der Waals surface area contributed by atoms with Gasteiger partial charge in [0.15, 0.2) is 6.10 Å².